The third-order valence-corrected chi connectivity index (χ3v) is 6.18. The molecule has 1 atom stereocenters. The van der Waals surface area contributed by atoms with Crippen molar-refractivity contribution in [2.45, 2.75) is 51.6 Å². The van der Waals surface area contributed by atoms with Crippen molar-refractivity contribution in [2.75, 3.05) is 13.1 Å². The average Bonchev–Trinajstić information content (AvgIpc) is 3.40. The molecular weight excluding hydrogens is 348 g/mol. The molecule has 0 unspecified atom stereocenters. The van der Waals surface area contributed by atoms with Crippen LogP contribution in [0.1, 0.15) is 48.0 Å². The van der Waals surface area contributed by atoms with Crippen LogP contribution in [0.4, 0.5) is 0 Å². The van der Waals surface area contributed by atoms with Crippen molar-refractivity contribution in [3.63, 3.8) is 0 Å². The van der Waals surface area contributed by atoms with Gasteiger partial charge in [-0.25, -0.2) is 0 Å². The summed E-state index contributed by atoms with van der Waals surface area (Å²) in [5, 5.41) is 13.4. The van der Waals surface area contributed by atoms with E-state index in [0.29, 0.717) is 5.92 Å². The maximum absolute atomic E-state index is 4.56. The summed E-state index contributed by atoms with van der Waals surface area (Å²) in [5.41, 5.74) is 5.17. The summed E-state index contributed by atoms with van der Waals surface area (Å²) in [6.07, 6.45) is 8.82. The average molecular weight is 377 g/mol. The van der Waals surface area contributed by atoms with Crippen LogP contribution in [0.15, 0.2) is 30.6 Å². The van der Waals surface area contributed by atoms with Gasteiger partial charge in [0, 0.05) is 50.8 Å². The minimum Gasteiger partial charge on any atom is -0.315 e. The van der Waals surface area contributed by atoms with Crippen LogP contribution >= 0.6 is 0 Å². The van der Waals surface area contributed by atoms with Gasteiger partial charge in [-0.05, 0) is 43.9 Å². The van der Waals surface area contributed by atoms with Gasteiger partial charge in [-0.3, -0.25) is 9.58 Å². The first-order valence-electron chi connectivity index (χ1n) is 10.4. The Hall–Kier alpha value is -2.47. The first kappa shape index (κ1) is 17.6. The third-order valence-electron chi connectivity index (χ3n) is 6.18. The Morgan fingerprint density at radius 3 is 2.93 bits per heavy atom. The molecule has 146 valence electrons. The molecule has 0 spiro atoms. The number of benzene rings is 1. The molecule has 2 aliphatic heterocycles. The van der Waals surface area contributed by atoms with Crippen molar-refractivity contribution in [2.24, 2.45) is 7.05 Å². The Kier molecular flexibility index (Phi) is 4.51. The van der Waals surface area contributed by atoms with Crippen LogP contribution in [0.2, 0.25) is 0 Å². The van der Waals surface area contributed by atoms with Gasteiger partial charge >= 0.3 is 0 Å². The number of hydrogen-bond acceptors (Lipinski definition) is 4. The van der Waals surface area contributed by atoms with Crippen molar-refractivity contribution >= 4 is 0 Å². The van der Waals surface area contributed by atoms with Gasteiger partial charge in [0.2, 0.25) is 0 Å². The van der Waals surface area contributed by atoms with Crippen LogP contribution in [0, 0.1) is 6.92 Å². The van der Waals surface area contributed by atoms with Crippen LogP contribution < -0.4 is 0 Å². The largest absolute Gasteiger partial charge is 0.315 e. The smallest absolute Gasteiger partial charge is 0.137 e. The number of likely N-dealkylation sites (tertiary alicyclic amines) is 1. The molecule has 1 fully saturated rings. The van der Waals surface area contributed by atoms with Crippen molar-refractivity contribution in [3.05, 3.63) is 53.4 Å². The summed E-state index contributed by atoms with van der Waals surface area (Å²) in [7, 11) is 1.98. The van der Waals surface area contributed by atoms with Gasteiger partial charge in [0.1, 0.15) is 11.6 Å². The van der Waals surface area contributed by atoms with E-state index >= 15 is 0 Å². The number of fused-ring (bicyclic) bond motifs is 1. The van der Waals surface area contributed by atoms with Gasteiger partial charge in [-0.15, -0.1) is 10.2 Å². The molecule has 3 aromatic rings. The highest BCUT2D eigenvalue weighted by atomic mass is 15.3. The molecule has 4 heterocycles. The SMILES string of the molecule is Cc1ccc(CN2CCC[C@H](c3nnc4n3CCC4)C2)c(-c2cnn(C)c2)c1. The van der Waals surface area contributed by atoms with E-state index in [1.54, 1.807) is 0 Å². The van der Waals surface area contributed by atoms with E-state index in [2.05, 4.69) is 56.1 Å². The molecule has 0 aliphatic carbocycles. The molecule has 1 aromatic carbocycles. The summed E-state index contributed by atoms with van der Waals surface area (Å²) in [6, 6.07) is 6.80. The molecule has 0 bridgehead atoms. The molecule has 6 heteroatoms. The van der Waals surface area contributed by atoms with E-state index < -0.39 is 0 Å². The molecule has 1 saturated heterocycles. The maximum atomic E-state index is 4.56. The Bertz CT molecular complexity index is 985. The predicted octanol–water partition coefficient (Wildman–Crippen LogP) is 3.31. The van der Waals surface area contributed by atoms with Crippen LogP contribution in [0.25, 0.3) is 11.1 Å². The van der Waals surface area contributed by atoms with E-state index in [9.17, 15) is 0 Å². The minimum absolute atomic E-state index is 0.500. The monoisotopic (exact) mass is 376 g/mol. The van der Waals surface area contributed by atoms with Gasteiger partial charge in [-0.2, -0.15) is 5.10 Å². The maximum Gasteiger partial charge on any atom is 0.137 e. The minimum atomic E-state index is 0.500. The lowest BCUT2D eigenvalue weighted by molar-refractivity contribution is 0.195. The molecule has 2 aliphatic rings. The molecular formula is C22H28N6. The lowest BCUT2D eigenvalue weighted by atomic mass is 9.95. The van der Waals surface area contributed by atoms with Gasteiger partial charge in [0.25, 0.3) is 0 Å². The van der Waals surface area contributed by atoms with Crippen molar-refractivity contribution in [1.82, 2.24) is 29.4 Å². The highest BCUT2D eigenvalue weighted by Gasteiger charge is 2.28. The quantitative estimate of drug-likeness (QED) is 0.701. The van der Waals surface area contributed by atoms with E-state index in [-0.39, 0.29) is 0 Å². The fraction of sp³-hybridized carbons (Fsp3) is 0.500. The van der Waals surface area contributed by atoms with E-state index in [4.69, 9.17) is 0 Å². The van der Waals surface area contributed by atoms with Gasteiger partial charge in [0.05, 0.1) is 6.20 Å². The fourth-order valence-corrected chi connectivity index (χ4v) is 4.78. The third kappa shape index (κ3) is 3.26. The summed E-state index contributed by atoms with van der Waals surface area (Å²) in [6.45, 7) is 6.45. The Morgan fingerprint density at radius 1 is 1.14 bits per heavy atom. The normalized spacial score (nSPS) is 19.9. The second-order valence-electron chi connectivity index (χ2n) is 8.37. The lowest BCUT2D eigenvalue weighted by Gasteiger charge is -2.32. The molecule has 2 aromatic heterocycles. The molecule has 0 saturated carbocycles. The second kappa shape index (κ2) is 7.17. The first-order valence-corrected chi connectivity index (χ1v) is 10.4. The van der Waals surface area contributed by atoms with Gasteiger partial charge < -0.3 is 4.57 Å². The molecule has 5 rings (SSSR count). The van der Waals surface area contributed by atoms with Crippen LogP contribution in [0.3, 0.4) is 0 Å². The fourth-order valence-electron chi connectivity index (χ4n) is 4.78. The van der Waals surface area contributed by atoms with E-state index in [1.165, 1.54) is 53.2 Å². The van der Waals surface area contributed by atoms with Gasteiger partial charge in [-0.1, -0.05) is 23.8 Å². The highest BCUT2D eigenvalue weighted by Crippen LogP contribution is 2.31. The van der Waals surface area contributed by atoms with E-state index in [1.807, 2.05) is 17.9 Å². The second-order valence-corrected chi connectivity index (χ2v) is 8.37. The first-order chi connectivity index (χ1) is 13.7. The van der Waals surface area contributed by atoms with Crippen LogP contribution in [0.5, 0.6) is 0 Å². The van der Waals surface area contributed by atoms with Crippen molar-refractivity contribution in [3.8, 4) is 11.1 Å². The summed E-state index contributed by atoms with van der Waals surface area (Å²) in [5.74, 6) is 2.90. The zero-order valence-electron chi connectivity index (χ0n) is 16.8. The zero-order chi connectivity index (χ0) is 19.1. The Balaban J connectivity index is 1.37. The topological polar surface area (TPSA) is 51.8 Å². The summed E-state index contributed by atoms with van der Waals surface area (Å²) in [4.78, 5) is 2.59. The molecule has 0 radical (unpaired) electrons. The van der Waals surface area contributed by atoms with Crippen LogP contribution in [-0.4, -0.2) is 42.5 Å². The van der Waals surface area contributed by atoms with Crippen LogP contribution in [-0.2, 0) is 26.6 Å². The van der Waals surface area contributed by atoms with Crippen molar-refractivity contribution in [1.29, 1.82) is 0 Å². The highest BCUT2D eigenvalue weighted by molar-refractivity contribution is 5.66. The standard InChI is InChI=1S/C22H28N6/c1-16-7-8-17(20(11-16)19-12-23-26(2)13-19)14-27-9-3-5-18(15-27)22-25-24-21-6-4-10-28(21)22/h7-8,11-13,18H,3-6,9-10,14-15H2,1-2H3/t18-/m0/s1. The van der Waals surface area contributed by atoms with Gasteiger partial charge in [0.15, 0.2) is 0 Å². The molecule has 0 amide bonds. The number of piperidine rings is 1. The molecule has 0 N–H and O–H groups in total. The predicted molar refractivity (Wildman–Crippen MR) is 109 cm³/mol. The lowest BCUT2D eigenvalue weighted by Crippen LogP contribution is -2.35. The number of aryl methyl sites for hydroxylation is 3. The molecule has 6 nitrogen and oxygen atoms in total. The van der Waals surface area contributed by atoms with E-state index in [0.717, 1.165) is 32.6 Å². The summed E-state index contributed by atoms with van der Waals surface area (Å²) >= 11 is 0. The Morgan fingerprint density at radius 2 is 2.07 bits per heavy atom. The Labute approximate surface area is 166 Å². The number of aromatic nitrogens is 5. The summed E-state index contributed by atoms with van der Waals surface area (Å²) < 4.78 is 4.26. The molecule has 28 heavy (non-hydrogen) atoms. The number of nitrogens with zero attached hydrogens (tertiary/aromatic N) is 6. The van der Waals surface area contributed by atoms with Crippen molar-refractivity contribution < 1.29 is 0 Å². The number of hydrogen-bond donors (Lipinski definition) is 0. The number of rotatable bonds is 4. The zero-order valence-corrected chi connectivity index (χ0v) is 16.8.